The summed E-state index contributed by atoms with van der Waals surface area (Å²) in [5, 5.41) is 0.574. The van der Waals surface area contributed by atoms with Crippen LogP contribution in [0.2, 0.25) is 5.02 Å². The molecular weight excluding hydrogens is 376 g/mol. The minimum atomic E-state index is -0.707. The minimum Gasteiger partial charge on any atom is -0.343 e. The van der Waals surface area contributed by atoms with E-state index in [1.807, 2.05) is 48.2 Å². The lowest BCUT2D eigenvalue weighted by molar-refractivity contribution is -0.138. The van der Waals surface area contributed by atoms with Gasteiger partial charge >= 0.3 is 0 Å². The van der Waals surface area contributed by atoms with E-state index in [0.29, 0.717) is 36.5 Å². The first-order valence-corrected chi connectivity index (χ1v) is 9.98. The molecule has 3 aliphatic heterocycles. The molecule has 5 rings (SSSR count). The van der Waals surface area contributed by atoms with E-state index in [4.69, 9.17) is 16.3 Å². The number of aryl methyl sites for hydroxylation is 1. The maximum Gasteiger partial charge on any atom is 0.254 e. The SMILES string of the molecule is Cc1ccc(C(=O)N2CC[C@@]34O[C@@H](c5ccccc5)CN3C(=O)C[C@@H]24)cc1Cl. The topological polar surface area (TPSA) is 49.9 Å². The van der Waals surface area contributed by atoms with Crippen LogP contribution in [0.15, 0.2) is 48.5 Å². The molecular formula is C22H21ClN2O3. The van der Waals surface area contributed by atoms with Crippen LogP contribution in [0.4, 0.5) is 0 Å². The summed E-state index contributed by atoms with van der Waals surface area (Å²) in [4.78, 5) is 29.6. The molecule has 3 heterocycles. The fourth-order valence-corrected chi connectivity index (χ4v) is 4.98. The first-order valence-electron chi connectivity index (χ1n) is 9.60. The van der Waals surface area contributed by atoms with E-state index in [1.165, 1.54) is 0 Å². The highest BCUT2D eigenvalue weighted by atomic mass is 35.5. The summed E-state index contributed by atoms with van der Waals surface area (Å²) in [5.41, 5.74) is 1.84. The van der Waals surface area contributed by atoms with Crippen LogP contribution < -0.4 is 0 Å². The van der Waals surface area contributed by atoms with Crippen molar-refractivity contribution < 1.29 is 14.3 Å². The second-order valence-corrected chi connectivity index (χ2v) is 8.21. The Kier molecular flexibility index (Phi) is 4.00. The molecule has 3 saturated heterocycles. The zero-order valence-corrected chi connectivity index (χ0v) is 16.4. The van der Waals surface area contributed by atoms with Gasteiger partial charge in [-0.15, -0.1) is 0 Å². The number of hydrogen-bond donors (Lipinski definition) is 0. The number of halogens is 1. The third kappa shape index (κ3) is 2.50. The molecule has 0 aliphatic carbocycles. The third-order valence-electron chi connectivity index (χ3n) is 6.28. The van der Waals surface area contributed by atoms with Crippen molar-refractivity contribution in [3.63, 3.8) is 0 Å². The Balaban J connectivity index is 1.44. The maximum atomic E-state index is 13.2. The number of rotatable bonds is 2. The second kappa shape index (κ2) is 6.33. The Labute approximate surface area is 168 Å². The first kappa shape index (κ1) is 17.7. The molecule has 2 aromatic rings. The quantitative estimate of drug-likeness (QED) is 0.779. The number of likely N-dealkylation sites (tertiary alicyclic amines) is 1. The Morgan fingerprint density at radius 1 is 1.21 bits per heavy atom. The van der Waals surface area contributed by atoms with Gasteiger partial charge in [0.2, 0.25) is 5.91 Å². The highest BCUT2D eigenvalue weighted by molar-refractivity contribution is 6.31. The molecule has 3 fully saturated rings. The van der Waals surface area contributed by atoms with Crippen LogP contribution in [-0.2, 0) is 9.53 Å². The van der Waals surface area contributed by atoms with Crippen molar-refractivity contribution in [3.05, 3.63) is 70.2 Å². The molecule has 0 N–H and O–H groups in total. The molecule has 2 amide bonds. The summed E-state index contributed by atoms with van der Waals surface area (Å²) in [6.45, 7) is 3.02. The molecule has 6 heteroatoms. The molecule has 1 spiro atoms. The van der Waals surface area contributed by atoms with Crippen molar-refractivity contribution in [2.24, 2.45) is 0 Å². The molecule has 0 unspecified atom stereocenters. The van der Waals surface area contributed by atoms with Gasteiger partial charge in [0.25, 0.3) is 5.91 Å². The van der Waals surface area contributed by atoms with E-state index in [2.05, 4.69) is 0 Å². The van der Waals surface area contributed by atoms with Crippen molar-refractivity contribution in [1.82, 2.24) is 9.80 Å². The monoisotopic (exact) mass is 396 g/mol. The van der Waals surface area contributed by atoms with Gasteiger partial charge in [-0.25, -0.2) is 0 Å². The Morgan fingerprint density at radius 3 is 2.75 bits per heavy atom. The lowest BCUT2D eigenvalue weighted by Crippen LogP contribution is -2.48. The third-order valence-corrected chi connectivity index (χ3v) is 6.69. The molecule has 0 saturated carbocycles. The highest BCUT2D eigenvalue weighted by Gasteiger charge is 2.65. The maximum absolute atomic E-state index is 13.2. The van der Waals surface area contributed by atoms with Crippen molar-refractivity contribution in [3.8, 4) is 0 Å². The molecule has 0 bridgehead atoms. The molecule has 0 radical (unpaired) electrons. The Morgan fingerprint density at radius 2 is 2.00 bits per heavy atom. The van der Waals surface area contributed by atoms with Crippen LogP contribution in [0.1, 0.15) is 40.4 Å². The highest BCUT2D eigenvalue weighted by Crippen LogP contribution is 2.50. The smallest absolute Gasteiger partial charge is 0.254 e. The summed E-state index contributed by atoms with van der Waals surface area (Å²) in [7, 11) is 0. The molecule has 0 aromatic heterocycles. The average Bonchev–Trinajstić information content (AvgIpc) is 3.33. The van der Waals surface area contributed by atoms with Crippen LogP contribution in [-0.4, -0.2) is 46.5 Å². The normalized spacial score (nSPS) is 28.6. The van der Waals surface area contributed by atoms with Crippen molar-refractivity contribution in [1.29, 1.82) is 0 Å². The largest absolute Gasteiger partial charge is 0.343 e. The van der Waals surface area contributed by atoms with Gasteiger partial charge in [-0.05, 0) is 30.2 Å². The van der Waals surface area contributed by atoms with Gasteiger partial charge in [0.15, 0.2) is 5.72 Å². The fraction of sp³-hybridized carbons (Fsp3) is 0.364. The zero-order chi connectivity index (χ0) is 19.5. The van der Waals surface area contributed by atoms with Gasteiger partial charge in [-0.3, -0.25) is 9.59 Å². The van der Waals surface area contributed by atoms with E-state index >= 15 is 0 Å². The summed E-state index contributed by atoms with van der Waals surface area (Å²) >= 11 is 6.22. The second-order valence-electron chi connectivity index (χ2n) is 7.80. The van der Waals surface area contributed by atoms with Crippen LogP contribution in [0.5, 0.6) is 0 Å². The summed E-state index contributed by atoms with van der Waals surface area (Å²) < 4.78 is 6.50. The van der Waals surface area contributed by atoms with E-state index in [-0.39, 0.29) is 24.0 Å². The van der Waals surface area contributed by atoms with E-state index in [1.54, 1.807) is 17.0 Å². The lowest BCUT2D eigenvalue weighted by Gasteiger charge is -2.32. The summed E-state index contributed by atoms with van der Waals surface area (Å²) in [6, 6.07) is 15.1. The van der Waals surface area contributed by atoms with Gasteiger partial charge in [0.05, 0.1) is 19.0 Å². The fourth-order valence-electron chi connectivity index (χ4n) is 4.80. The van der Waals surface area contributed by atoms with Crippen LogP contribution in [0.25, 0.3) is 0 Å². The minimum absolute atomic E-state index is 0.0582. The van der Waals surface area contributed by atoms with E-state index in [9.17, 15) is 9.59 Å². The van der Waals surface area contributed by atoms with Crippen molar-refractivity contribution in [2.75, 3.05) is 13.1 Å². The molecule has 144 valence electrons. The summed E-state index contributed by atoms with van der Waals surface area (Å²) in [5.74, 6) is -0.0342. The van der Waals surface area contributed by atoms with Gasteiger partial charge in [0.1, 0.15) is 6.10 Å². The van der Waals surface area contributed by atoms with Crippen LogP contribution in [0, 0.1) is 6.92 Å². The Bertz CT molecular complexity index is 964. The van der Waals surface area contributed by atoms with Crippen LogP contribution in [0.3, 0.4) is 0 Å². The first-order chi connectivity index (χ1) is 13.5. The predicted molar refractivity (Wildman–Crippen MR) is 105 cm³/mol. The van der Waals surface area contributed by atoms with Crippen LogP contribution >= 0.6 is 11.6 Å². The number of carbonyl (C=O) groups is 2. The van der Waals surface area contributed by atoms with E-state index < -0.39 is 5.72 Å². The van der Waals surface area contributed by atoms with Gasteiger partial charge in [0, 0.05) is 23.6 Å². The lowest BCUT2D eigenvalue weighted by atomic mass is 10.1. The predicted octanol–water partition coefficient (Wildman–Crippen LogP) is 3.56. The molecule has 3 atom stereocenters. The number of benzene rings is 2. The average molecular weight is 397 g/mol. The number of ether oxygens (including phenoxy) is 1. The number of nitrogens with zero attached hydrogens (tertiary/aromatic N) is 2. The number of carbonyl (C=O) groups excluding carboxylic acids is 2. The van der Waals surface area contributed by atoms with Crippen molar-refractivity contribution >= 4 is 23.4 Å². The molecule has 3 aliphatic rings. The van der Waals surface area contributed by atoms with Gasteiger partial charge in [-0.1, -0.05) is 48.0 Å². The number of amides is 2. The van der Waals surface area contributed by atoms with E-state index in [0.717, 1.165) is 11.1 Å². The molecule has 2 aromatic carbocycles. The zero-order valence-electron chi connectivity index (χ0n) is 15.6. The number of hydrogen-bond acceptors (Lipinski definition) is 3. The van der Waals surface area contributed by atoms with Gasteiger partial charge in [-0.2, -0.15) is 0 Å². The van der Waals surface area contributed by atoms with Crippen molar-refractivity contribution in [2.45, 2.75) is 37.6 Å². The standard InChI is InChI=1S/C22H21ClN2O3/c1-14-7-8-16(11-17(14)23)21(27)24-10-9-22-19(24)12-20(26)25(22)13-18(28-22)15-5-3-2-4-6-15/h2-8,11,18-19H,9-10,12-13H2,1H3/t18-,19-,22+/m1/s1. The summed E-state index contributed by atoms with van der Waals surface area (Å²) in [6.07, 6.45) is 0.794. The van der Waals surface area contributed by atoms with Gasteiger partial charge < -0.3 is 14.5 Å². The molecule has 5 nitrogen and oxygen atoms in total. The molecule has 28 heavy (non-hydrogen) atoms. The Hall–Kier alpha value is -2.37.